The number of carboxylic acid groups (broad SMARTS) is 1. The molecule has 6 rings (SSSR count). The number of nitrogens with zero attached hydrogens (tertiary/aromatic N) is 2. The van der Waals surface area contributed by atoms with Crippen LogP contribution in [0.2, 0.25) is 5.04 Å². The summed E-state index contributed by atoms with van der Waals surface area (Å²) in [6.07, 6.45) is 4.98. The molecule has 2 aliphatic rings. The van der Waals surface area contributed by atoms with Gasteiger partial charge in [0.2, 0.25) is 0 Å². The zero-order valence-electron chi connectivity index (χ0n) is 29.6. The lowest BCUT2D eigenvalue weighted by atomic mass is 9.91. The van der Waals surface area contributed by atoms with E-state index >= 15 is 0 Å². The summed E-state index contributed by atoms with van der Waals surface area (Å²) in [5.74, 6) is 1.35. The van der Waals surface area contributed by atoms with E-state index in [4.69, 9.17) is 13.7 Å². The minimum atomic E-state index is -2.61. The number of hydrogen-bond acceptors (Lipinski definition) is 6. The van der Waals surface area contributed by atoms with Gasteiger partial charge in [0.15, 0.2) is 5.58 Å². The average Bonchev–Trinajstić information content (AvgIpc) is 3.73. The van der Waals surface area contributed by atoms with Crippen molar-refractivity contribution in [3.63, 3.8) is 0 Å². The van der Waals surface area contributed by atoms with E-state index in [9.17, 15) is 9.90 Å². The molecule has 3 aromatic carbocycles. The lowest BCUT2D eigenvalue weighted by Crippen LogP contribution is -2.67. The molecule has 1 saturated heterocycles. The third kappa shape index (κ3) is 7.79. The van der Waals surface area contributed by atoms with Crippen LogP contribution in [0.4, 0.5) is 4.79 Å². The summed E-state index contributed by atoms with van der Waals surface area (Å²) >= 11 is 0. The topological polar surface area (TPSA) is 97.1 Å². The second kappa shape index (κ2) is 15.3. The molecule has 258 valence electrons. The summed E-state index contributed by atoms with van der Waals surface area (Å²) in [6.45, 7) is 11.5. The standard InChI is InChI=1S/C37H46N2O5Si.C2H7N/c1-27-33(18-16-31-32(38-44-34(27)31)17-15-28-19-23-39(24-20-28)35(40)41)42-25-37(21-22-37)26-43-45(36(2,3)4,29-11-7-5-8-12-29)30-13-9-6-10-14-30;1-3-2/h5-14,16,18,28H,15,17,19-26H2,1-4H3,(H,40,41);3H,1-2H3. The van der Waals surface area contributed by atoms with Crippen molar-refractivity contribution in [2.24, 2.45) is 11.3 Å². The van der Waals surface area contributed by atoms with Crippen LogP contribution in [0, 0.1) is 18.3 Å². The van der Waals surface area contributed by atoms with Crippen molar-refractivity contribution < 1.29 is 23.6 Å². The predicted molar refractivity (Wildman–Crippen MR) is 195 cm³/mol. The Morgan fingerprint density at radius 3 is 2.08 bits per heavy atom. The van der Waals surface area contributed by atoms with Gasteiger partial charge in [0, 0.05) is 36.1 Å². The number of amides is 1. The van der Waals surface area contributed by atoms with E-state index in [2.05, 4.69) is 104 Å². The van der Waals surface area contributed by atoms with E-state index in [0.29, 0.717) is 32.2 Å². The fourth-order valence-corrected chi connectivity index (χ4v) is 11.7. The van der Waals surface area contributed by atoms with Crippen LogP contribution in [0.15, 0.2) is 77.3 Å². The highest BCUT2D eigenvalue weighted by molar-refractivity contribution is 6.99. The van der Waals surface area contributed by atoms with Crippen LogP contribution in [-0.4, -0.2) is 70.0 Å². The normalized spacial score (nSPS) is 16.3. The van der Waals surface area contributed by atoms with Gasteiger partial charge in [-0.3, -0.25) is 0 Å². The average molecular weight is 672 g/mol. The van der Waals surface area contributed by atoms with Gasteiger partial charge in [-0.25, -0.2) is 4.79 Å². The van der Waals surface area contributed by atoms with Crippen molar-refractivity contribution in [2.75, 3.05) is 40.4 Å². The lowest BCUT2D eigenvalue weighted by Gasteiger charge is -2.43. The zero-order chi connectivity index (χ0) is 34.4. The number of ether oxygens (including phenoxy) is 1. The third-order valence-corrected chi connectivity index (χ3v) is 15.1. The number of benzene rings is 3. The molecule has 2 fully saturated rings. The number of piperidine rings is 1. The number of fused-ring (bicyclic) bond motifs is 1. The van der Waals surface area contributed by atoms with Crippen molar-refractivity contribution in [1.29, 1.82) is 0 Å². The number of rotatable bonds is 11. The summed E-state index contributed by atoms with van der Waals surface area (Å²) in [5, 5.41) is 20.0. The van der Waals surface area contributed by atoms with Crippen molar-refractivity contribution >= 4 is 35.8 Å². The fraction of sp³-hybridized carbons (Fsp3) is 0.487. The molecule has 48 heavy (non-hydrogen) atoms. The van der Waals surface area contributed by atoms with E-state index in [0.717, 1.165) is 66.5 Å². The Kier molecular flexibility index (Phi) is 11.3. The first-order valence-electron chi connectivity index (χ1n) is 17.4. The summed E-state index contributed by atoms with van der Waals surface area (Å²) in [4.78, 5) is 12.7. The molecule has 1 aromatic heterocycles. The second-order valence-electron chi connectivity index (χ2n) is 14.7. The smallest absolute Gasteiger partial charge is 0.407 e. The van der Waals surface area contributed by atoms with Crippen molar-refractivity contribution in [2.45, 2.75) is 71.3 Å². The summed E-state index contributed by atoms with van der Waals surface area (Å²) < 4.78 is 19.7. The summed E-state index contributed by atoms with van der Waals surface area (Å²) in [6, 6.07) is 25.8. The van der Waals surface area contributed by atoms with Gasteiger partial charge in [-0.05, 0) is 93.0 Å². The molecular weight excluding hydrogens is 619 g/mol. The van der Waals surface area contributed by atoms with Crippen molar-refractivity contribution in [1.82, 2.24) is 15.4 Å². The van der Waals surface area contributed by atoms with Crippen molar-refractivity contribution in [3.8, 4) is 5.75 Å². The molecule has 1 aliphatic heterocycles. The van der Waals surface area contributed by atoms with Gasteiger partial charge in [-0.2, -0.15) is 0 Å². The number of nitrogens with one attached hydrogen (secondary N) is 1. The molecule has 0 radical (unpaired) electrons. The van der Waals surface area contributed by atoms with Gasteiger partial charge in [0.25, 0.3) is 8.32 Å². The molecule has 2 N–H and O–H groups in total. The molecule has 1 saturated carbocycles. The molecule has 8 nitrogen and oxygen atoms in total. The van der Waals surface area contributed by atoms with Crippen LogP contribution in [-0.2, 0) is 10.8 Å². The number of likely N-dealkylation sites (tertiary alicyclic amines) is 1. The first-order valence-corrected chi connectivity index (χ1v) is 19.3. The first kappa shape index (κ1) is 35.6. The SMILES string of the molecule is CNC.Cc1c(OCC2(CO[Si](c3ccccc3)(c3ccccc3)C(C)(C)C)CC2)ccc2c(CCC3CCN(C(=O)O)CC3)noc12. The van der Waals surface area contributed by atoms with Gasteiger partial charge in [0.1, 0.15) is 5.75 Å². The van der Waals surface area contributed by atoms with Gasteiger partial charge >= 0.3 is 6.09 Å². The molecule has 0 atom stereocenters. The van der Waals surface area contributed by atoms with E-state index in [1.165, 1.54) is 15.3 Å². The van der Waals surface area contributed by atoms with Crippen LogP contribution >= 0.6 is 0 Å². The maximum absolute atomic E-state index is 11.2. The maximum atomic E-state index is 11.2. The Morgan fingerprint density at radius 1 is 0.979 bits per heavy atom. The molecule has 2 heterocycles. The fourth-order valence-electron chi connectivity index (χ4n) is 7.02. The van der Waals surface area contributed by atoms with Crippen molar-refractivity contribution in [3.05, 3.63) is 84.1 Å². The van der Waals surface area contributed by atoms with Gasteiger partial charge in [-0.15, -0.1) is 0 Å². The van der Waals surface area contributed by atoms with Gasteiger partial charge in [-0.1, -0.05) is 86.6 Å². The van der Waals surface area contributed by atoms with Gasteiger partial charge in [0.05, 0.1) is 12.3 Å². The highest BCUT2D eigenvalue weighted by Crippen LogP contribution is 2.48. The molecule has 4 aromatic rings. The molecule has 0 unspecified atom stereocenters. The maximum Gasteiger partial charge on any atom is 0.407 e. The van der Waals surface area contributed by atoms with E-state index in [-0.39, 0.29) is 10.5 Å². The Balaban J connectivity index is 0.00000145. The molecule has 1 aliphatic carbocycles. The Labute approximate surface area is 286 Å². The molecule has 9 heteroatoms. The van der Waals surface area contributed by atoms with Crippen LogP contribution in [0.3, 0.4) is 0 Å². The van der Waals surface area contributed by atoms with E-state index < -0.39 is 14.4 Å². The molecule has 0 spiro atoms. The summed E-state index contributed by atoms with van der Waals surface area (Å²) in [7, 11) is 1.14. The Hall–Kier alpha value is -3.66. The number of carbonyl (C=O) groups is 1. The number of hydrogen-bond donors (Lipinski definition) is 2. The zero-order valence-corrected chi connectivity index (χ0v) is 30.6. The van der Waals surface area contributed by atoms with Crippen LogP contribution in [0.1, 0.15) is 64.1 Å². The monoisotopic (exact) mass is 671 g/mol. The van der Waals surface area contributed by atoms with Crippen LogP contribution in [0.25, 0.3) is 11.0 Å². The second-order valence-corrected chi connectivity index (χ2v) is 19.0. The largest absolute Gasteiger partial charge is 0.493 e. The molecule has 1 amide bonds. The number of aryl methyl sites for hydroxylation is 2. The van der Waals surface area contributed by atoms with E-state index in [1.54, 1.807) is 0 Å². The Morgan fingerprint density at radius 2 is 1.56 bits per heavy atom. The van der Waals surface area contributed by atoms with E-state index in [1.807, 2.05) is 21.0 Å². The first-order chi connectivity index (χ1) is 23.0. The minimum absolute atomic E-state index is 0.00273. The highest BCUT2D eigenvalue weighted by Gasteiger charge is 2.53. The lowest BCUT2D eigenvalue weighted by molar-refractivity contribution is 0.123. The third-order valence-electron chi connectivity index (χ3n) is 10.1. The predicted octanol–water partition coefficient (Wildman–Crippen LogP) is 7.03. The highest BCUT2D eigenvalue weighted by atomic mass is 28.4. The van der Waals surface area contributed by atoms with Crippen LogP contribution < -0.4 is 20.4 Å². The van der Waals surface area contributed by atoms with Gasteiger partial charge < -0.3 is 29.0 Å². The Bertz CT molecular complexity index is 1580. The molecule has 0 bridgehead atoms. The summed E-state index contributed by atoms with van der Waals surface area (Å²) in [5.41, 5.74) is 2.73. The minimum Gasteiger partial charge on any atom is -0.493 e. The number of aromatic nitrogens is 1. The van der Waals surface area contributed by atoms with Crippen LogP contribution in [0.5, 0.6) is 5.75 Å². The molecular formula is C39H53N3O5Si. The quantitative estimate of drug-likeness (QED) is 0.165.